The van der Waals surface area contributed by atoms with E-state index in [9.17, 15) is 4.79 Å². The van der Waals surface area contributed by atoms with Crippen LogP contribution in [0.2, 0.25) is 0 Å². The van der Waals surface area contributed by atoms with Crippen molar-refractivity contribution in [2.45, 2.75) is 19.8 Å². The molecule has 1 aromatic heterocycles. The van der Waals surface area contributed by atoms with Gasteiger partial charge in [0.2, 0.25) is 12.7 Å². The Labute approximate surface area is 138 Å². The van der Waals surface area contributed by atoms with Crippen LogP contribution in [-0.2, 0) is 4.79 Å². The van der Waals surface area contributed by atoms with E-state index in [0.29, 0.717) is 12.2 Å². The van der Waals surface area contributed by atoms with Crippen molar-refractivity contribution in [1.29, 1.82) is 0 Å². The maximum Gasteiger partial charge on any atom is 0.231 e. The number of nitrogens with zero attached hydrogens (tertiary/aromatic N) is 1. The van der Waals surface area contributed by atoms with Gasteiger partial charge in [-0.25, -0.2) is 0 Å². The van der Waals surface area contributed by atoms with E-state index in [0.717, 1.165) is 39.9 Å². The lowest BCUT2D eigenvalue weighted by atomic mass is 10.0. The predicted octanol–water partition coefficient (Wildman–Crippen LogP) is 3.70. The maximum atomic E-state index is 11.8. The Bertz CT molecular complexity index is 917. The van der Waals surface area contributed by atoms with E-state index in [-0.39, 0.29) is 12.7 Å². The van der Waals surface area contributed by atoms with Crippen LogP contribution in [0.15, 0.2) is 36.4 Å². The Kier molecular flexibility index (Phi) is 3.57. The normalized spacial score (nSPS) is 12.5. The second kappa shape index (κ2) is 5.88. The average Bonchev–Trinajstić information content (AvgIpc) is 3.21. The van der Waals surface area contributed by atoms with Gasteiger partial charge < -0.3 is 14.8 Å². The minimum atomic E-state index is -0.0225. The highest BCUT2D eigenvalue weighted by Gasteiger charge is 2.15. The molecule has 0 atom stereocenters. The Morgan fingerprint density at radius 2 is 1.96 bits per heavy atom. The average molecular weight is 323 g/mol. The number of hydrogen-bond acceptors (Lipinski definition) is 4. The standard InChI is InChI=1S/C18H17N3O3/c1-2-3-17(22)19-18-13-6-4-11(8-14(13)20-21-18)12-5-7-15-16(9-12)24-10-23-15/h4-9H,2-3,10H2,1H3,(H2,19,20,21,22). The maximum absolute atomic E-state index is 11.8. The van der Waals surface area contributed by atoms with Crippen LogP contribution in [0.1, 0.15) is 19.8 Å². The molecule has 24 heavy (non-hydrogen) atoms. The quantitative estimate of drug-likeness (QED) is 0.767. The van der Waals surface area contributed by atoms with Crippen molar-refractivity contribution in [2.24, 2.45) is 0 Å². The first kappa shape index (κ1) is 14.6. The zero-order valence-electron chi connectivity index (χ0n) is 13.3. The van der Waals surface area contributed by atoms with Crippen LogP contribution < -0.4 is 14.8 Å². The monoisotopic (exact) mass is 323 g/mol. The smallest absolute Gasteiger partial charge is 0.231 e. The van der Waals surface area contributed by atoms with E-state index in [2.05, 4.69) is 15.5 Å². The third kappa shape index (κ3) is 2.56. The summed E-state index contributed by atoms with van der Waals surface area (Å²) < 4.78 is 10.8. The van der Waals surface area contributed by atoms with Crippen LogP contribution in [0, 0.1) is 0 Å². The zero-order valence-corrected chi connectivity index (χ0v) is 13.3. The molecule has 2 aromatic carbocycles. The summed E-state index contributed by atoms with van der Waals surface area (Å²) in [6.07, 6.45) is 1.30. The molecule has 0 aliphatic carbocycles. The third-order valence-corrected chi connectivity index (χ3v) is 4.00. The van der Waals surface area contributed by atoms with Gasteiger partial charge in [-0.3, -0.25) is 9.89 Å². The van der Waals surface area contributed by atoms with Crippen molar-refractivity contribution in [3.63, 3.8) is 0 Å². The van der Waals surface area contributed by atoms with Crippen molar-refractivity contribution in [3.8, 4) is 22.6 Å². The van der Waals surface area contributed by atoms with Gasteiger partial charge in [0.05, 0.1) is 5.52 Å². The number of carbonyl (C=O) groups excluding carboxylic acids is 1. The summed E-state index contributed by atoms with van der Waals surface area (Å²) in [6, 6.07) is 11.8. The number of aromatic amines is 1. The number of nitrogens with one attached hydrogen (secondary N) is 2. The van der Waals surface area contributed by atoms with Crippen molar-refractivity contribution in [1.82, 2.24) is 10.2 Å². The van der Waals surface area contributed by atoms with Crippen LogP contribution in [0.25, 0.3) is 22.0 Å². The molecule has 3 aromatic rings. The second-order valence-corrected chi connectivity index (χ2v) is 5.70. The highest BCUT2D eigenvalue weighted by molar-refractivity contribution is 6.00. The number of ether oxygens (including phenoxy) is 2. The fraction of sp³-hybridized carbons (Fsp3) is 0.222. The largest absolute Gasteiger partial charge is 0.454 e. The van der Waals surface area contributed by atoms with Gasteiger partial charge in [0.1, 0.15) is 0 Å². The number of anilines is 1. The minimum absolute atomic E-state index is 0.0225. The van der Waals surface area contributed by atoms with Gasteiger partial charge in [0, 0.05) is 11.8 Å². The van der Waals surface area contributed by atoms with Crippen molar-refractivity contribution in [3.05, 3.63) is 36.4 Å². The Morgan fingerprint density at radius 3 is 2.83 bits per heavy atom. The summed E-state index contributed by atoms with van der Waals surface area (Å²) in [4.78, 5) is 11.8. The summed E-state index contributed by atoms with van der Waals surface area (Å²) in [5.41, 5.74) is 2.94. The van der Waals surface area contributed by atoms with Gasteiger partial charge >= 0.3 is 0 Å². The minimum Gasteiger partial charge on any atom is -0.454 e. The van der Waals surface area contributed by atoms with Crippen molar-refractivity contribution < 1.29 is 14.3 Å². The van der Waals surface area contributed by atoms with Gasteiger partial charge in [-0.2, -0.15) is 5.10 Å². The number of fused-ring (bicyclic) bond motifs is 2. The topological polar surface area (TPSA) is 76.2 Å². The summed E-state index contributed by atoms with van der Waals surface area (Å²) in [6.45, 7) is 2.24. The fourth-order valence-electron chi connectivity index (χ4n) is 2.79. The molecule has 0 spiro atoms. The molecular formula is C18H17N3O3. The first-order valence-corrected chi connectivity index (χ1v) is 7.92. The summed E-state index contributed by atoms with van der Waals surface area (Å²) in [7, 11) is 0. The molecule has 0 radical (unpaired) electrons. The highest BCUT2D eigenvalue weighted by Crippen LogP contribution is 2.36. The second-order valence-electron chi connectivity index (χ2n) is 5.70. The van der Waals surface area contributed by atoms with E-state index in [1.165, 1.54) is 0 Å². The molecule has 1 aliphatic rings. The van der Waals surface area contributed by atoms with E-state index < -0.39 is 0 Å². The van der Waals surface area contributed by atoms with Gasteiger partial charge in [-0.1, -0.05) is 19.1 Å². The Morgan fingerprint density at radius 1 is 1.17 bits per heavy atom. The molecule has 122 valence electrons. The van der Waals surface area contributed by atoms with Gasteiger partial charge in [0.25, 0.3) is 0 Å². The van der Waals surface area contributed by atoms with Crippen molar-refractivity contribution in [2.75, 3.05) is 12.1 Å². The summed E-state index contributed by atoms with van der Waals surface area (Å²) in [5.74, 6) is 2.07. The van der Waals surface area contributed by atoms with E-state index >= 15 is 0 Å². The number of benzene rings is 2. The summed E-state index contributed by atoms with van der Waals surface area (Å²) >= 11 is 0. The first-order chi connectivity index (χ1) is 11.7. The number of H-pyrrole nitrogens is 1. The number of hydrogen-bond donors (Lipinski definition) is 2. The molecule has 6 heteroatoms. The molecular weight excluding hydrogens is 306 g/mol. The predicted molar refractivity (Wildman–Crippen MR) is 91.2 cm³/mol. The summed E-state index contributed by atoms with van der Waals surface area (Å²) in [5, 5.41) is 10.9. The lowest BCUT2D eigenvalue weighted by molar-refractivity contribution is -0.116. The van der Waals surface area contributed by atoms with Crippen molar-refractivity contribution >= 4 is 22.6 Å². The molecule has 2 N–H and O–H groups in total. The highest BCUT2D eigenvalue weighted by atomic mass is 16.7. The van der Waals surface area contributed by atoms with Crippen LogP contribution in [0.5, 0.6) is 11.5 Å². The van der Waals surface area contributed by atoms with E-state index in [1.54, 1.807) is 0 Å². The van der Waals surface area contributed by atoms with E-state index in [1.807, 2.05) is 43.3 Å². The van der Waals surface area contributed by atoms with Gasteiger partial charge in [0.15, 0.2) is 17.3 Å². The molecule has 0 unspecified atom stereocenters. The zero-order chi connectivity index (χ0) is 16.5. The molecule has 0 bridgehead atoms. The number of aromatic nitrogens is 2. The van der Waals surface area contributed by atoms with Crippen LogP contribution in [0.3, 0.4) is 0 Å². The molecule has 0 saturated heterocycles. The SMILES string of the molecule is CCCC(=O)Nc1n[nH]c2cc(-c3ccc4c(c3)OCO4)ccc12. The van der Waals surface area contributed by atoms with Gasteiger partial charge in [-0.05, 0) is 41.8 Å². The molecule has 1 aliphatic heterocycles. The molecule has 2 heterocycles. The third-order valence-electron chi connectivity index (χ3n) is 4.00. The molecule has 6 nitrogen and oxygen atoms in total. The molecule has 0 saturated carbocycles. The Hall–Kier alpha value is -3.02. The number of carbonyl (C=O) groups is 1. The molecule has 4 rings (SSSR count). The van der Waals surface area contributed by atoms with Crippen LogP contribution in [-0.4, -0.2) is 22.9 Å². The molecule has 0 fully saturated rings. The van der Waals surface area contributed by atoms with Crippen LogP contribution in [0.4, 0.5) is 5.82 Å². The number of rotatable bonds is 4. The first-order valence-electron chi connectivity index (χ1n) is 7.92. The van der Waals surface area contributed by atoms with E-state index in [4.69, 9.17) is 9.47 Å². The lowest BCUT2D eigenvalue weighted by Gasteiger charge is -2.04. The fourth-order valence-corrected chi connectivity index (χ4v) is 2.79. The Balaban J connectivity index is 1.66. The van der Waals surface area contributed by atoms with Crippen LogP contribution >= 0.6 is 0 Å². The number of amides is 1. The molecule has 1 amide bonds. The lowest BCUT2D eigenvalue weighted by Crippen LogP contribution is -2.10. The van der Waals surface area contributed by atoms with Gasteiger partial charge in [-0.15, -0.1) is 0 Å².